The van der Waals surface area contributed by atoms with Gasteiger partial charge in [0.25, 0.3) is 0 Å². The number of hydrogen-bond acceptors (Lipinski definition) is 1. The van der Waals surface area contributed by atoms with Gasteiger partial charge in [-0.05, 0) is 48.7 Å². The third-order valence-corrected chi connectivity index (χ3v) is 3.50. The van der Waals surface area contributed by atoms with E-state index in [9.17, 15) is 0 Å². The predicted molar refractivity (Wildman–Crippen MR) is 80.1 cm³/mol. The first-order valence-corrected chi connectivity index (χ1v) is 6.89. The summed E-state index contributed by atoms with van der Waals surface area (Å²) in [7, 11) is 0. The van der Waals surface area contributed by atoms with Crippen LogP contribution in [0.5, 0.6) is 0 Å². The Kier molecular flexibility index (Phi) is 3.32. The zero-order chi connectivity index (χ0) is 13.1. The lowest BCUT2D eigenvalue weighted by Crippen LogP contribution is -1.83. The molecule has 1 N–H and O–H groups in total. The molecule has 0 aliphatic rings. The number of nitrogens with zero attached hydrogens (tertiary/aromatic N) is 1. The second-order valence-corrected chi connectivity index (χ2v) is 4.94. The molecule has 0 radical (unpaired) electrons. The first-order chi connectivity index (χ1) is 9.36. The fourth-order valence-electron chi connectivity index (χ4n) is 2.41. The smallest absolute Gasteiger partial charge is 0.0465 e. The van der Waals surface area contributed by atoms with E-state index in [0.717, 1.165) is 5.69 Å². The maximum Gasteiger partial charge on any atom is 0.0465 e. The van der Waals surface area contributed by atoms with Crippen molar-refractivity contribution in [3.8, 4) is 11.3 Å². The summed E-state index contributed by atoms with van der Waals surface area (Å²) >= 11 is 0. The van der Waals surface area contributed by atoms with Crippen LogP contribution in [0.25, 0.3) is 22.2 Å². The van der Waals surface area contributed by atoms with Crippen molar-refractivity contribution in [2.45, 2.75) is 26.2 Å². The van der Waals surface area contributed by atoms with Gasteiger partial charge in [-0.25, -0.2) is 0 Å². The fourth-order valence-corrected chi connectivity index (χ4v) is 2.41. The molecule has 3 aromatic rings. The number of pyridine rings is 1. The molecule has 0 spiro atoms. The molecule has 0 saturated carbocycles. The van der Waals surface area contributed by atoms with E-state index in [1.54, 1.807) is 0 Å². The average Bonchev–Trinajstić information content (AvgIpc) is 2.89. The number of aromatic nitrogens is 2. The minimum absolute atomic E-state index is 1.16. The van der Waals surface area contributed by atoms with E-state index in [-0.39, 0.29) is 0 Å². The number of aromatic amines is 1. The van der Waals surface area contributed by atoms with Gasteiger partial charge in [0.05, 0.1) is 0 Å². The Morgan fingerprint density at radius 1 is 1.05 bits per heavy atom. The third-order valence-electron chi connectivity index (χ3n) is 3.50. The number of nitrogens with one attached hydrogen (secondary N) is 1. The molecule has 2 aromatic heterocycles. The number of unbranched alkanes of at least 4 members (excludes halogenated alkanes) is 1. The molecule has 0 amide bonds. The van der Waals surface area contributed by atoms with Gasteiger partial charge < -0.3 is 4.98 Å². The standard InChI is InChI=1S/C17H18N2/c1-2-3-4-13-5-6-16-15(11-13)12-17(19-16)14-7-9-18-10-8-14/h5-12,19H,2-4H2,1H3. The van der Waals surface area contributed by atoms with Crippen LogP contribution in [-0.2, 0) is 6.42 Å². The van der Waals surface area contributed by atoms with Gasteiger partial charge in [0, 0.05) is 34.6 Å². The molecule has 1 aromatic carbocycles. The number of aryl methyl sites for hydroxylation is 1. The molecule has 0 atom stereocenters. The minimum Gasteiger partial charge on any atom is -0.355 e. The van der Waals surface area contributed by atoms with E-state index in [1.807, 2.05) is 24.5 Å². The maximum atomic E-state index is 4.06. The number of H-pyrrole nitrogens is 1. The molecule has 2 heterocycles. The molecule has 0 aliphatic heterocycles. The van der Waals surface area contributed by atoms with E-state index in [0.29, 0.717) is 0 Å². The molecule has 0 unspecified atom stereocenters. The summed E-state index contributed by atoms with van der Waals surface area (Å²) in [6.07, 6.45) is 7.32. The molecule has 96 valence electrons. The van der Waals surface area contributed by atoms with Gasteiger partial charge in [0.15, 0.2) is 0 Å². The maximum absolute atomic E-state index is 4.06. The van der Waals surface area contributed by atoms with Crippen molar-refractivity contribution >= 4 is 10.9 Å². The molecule has 0 saturated heterocycles. The highest BCUT2D eigenvalue weighted by molar-refractivity contribution is 5.86. The molecule has 3 rings (SSSR count). The van der Waals surface area contributed by atoms with E-state index in [2.05, 4.69) is 41.2 Å². The van der Waals surface area contributed by atoms with Crippen molar-refractivity contribution in [3.63, 3.8) is 0 Å². The van der Waals surface area contributed by atoms with E-state index in [1.165, 1.54) is 41.3 Å². The molecule has 0 aliphatic carbocycles. The molecular formula is C17H18N2. The summed E-state index contributed by atoms with van der Waals surface area (Å²) in [6, 6.07) is 13.0. The summed E-state index contributed by atoms with van der Waals surface area (Å²) < 4.78 is 0. The Hall–Kier alpha value is -2.09. The lowest BCUT2D eigenvalue weighted by Gasteiger charge is -1.99. The zero-order valence-electron chi connectivity index (χ0n) is 11.2. The van der Waals surface area contributed by atoms with Crippen molar-refractivity contribution in [1.82, 2.24) is 9.97 Å². The zero-order valence-corrected chi connectivity index (χ0v) is 11.2. The predicted octanol–water partition coefficient (Wildman–Crippen LogP) is 4.57. The Bertz CT molecular complexity index is 668. The average molecular weight is 250 g/mol. The largest absolute Gasteiger partial charge is 0.355 e. The molecule has 19 heavy (non-hydrogen) atoms. The first-order valence-electron chi connectivity index (χ1n) is 6.89. The second kappa shape index (κ2) is 5.27. The topological polar surface area (TPSA) is 28.7 Å². The molecular weight excluding hydrogens is 232 g/mol. The van der Waals surface area contributed by atoms with Crippen molar-refractivity contribution in [2.75, 3.05) is 0 Å². The van der Waals surface area contributed by atoms with Gasteiger partial charge in [-0.3, -0.25) is 4.98 Å². The highest BCUT2D eigenvalue weighted by Gasteiger charge is 2.03. The molecule has 0 fully saturated rings. The van der Waals surface area contributed by atoms with Crippen molar-refractivity contribution < 1.29 is 0 Å². The number of fused-ring (bicyclic) bond motifs is 1. The number of benzene rings is 1. The minimum atomic E-state index is 1.16. The van der Waals surface area contributed by atoms with Crippen molar-refractivity contribution in [1.29, 1.82) is 0 Å². The molecule has 0 bridgehead atoms. The number of hydrogen-bond donors (Lipinski definition) is 1. The van der Waals surface area contributed by atoms with Gasteiger partial charge in [-0.1, -0.05) is 19.4 Å². The Balaban J connectivity index is 1.97. The van der Waals surface area contributed by atoms with Gasteiger partial charge in [-0.15, -0.1) is 0 Å². The van der Waals surface area contributed by atoms with E-state index < -0.39 is 0 Å². The monoisotopic (exact) mass is 250 g/mol. The Morgan fingerprint density at radius 2 is 1.89 bits per heavy atom. The van der Waals surface area contributed by atoms with E-state index in [4.69, 9.17) is 0 Å². The quantitative estimate of drug-likeness (QED) is 0.721. The van der Waals surface area contributed by atoms with Gasteiger partial charge >= 0.3 is 0 Å². The van der Waals surface area contributed by atoms with E-state index >= 15 is 0 Å². The van der Waals surface area contributed by atoms with Crippen LogP contribution in [-0.4, -0.2) is 9.97 Å². The SMILES string of the molecule is CCCCc1ccc2[nH]c(-c3ccncc3)cc2c1. The molecule has 2 nitrogen and oxygen atoms in total. The van der Waals surface area contributed by atoms with Gasteiger partial charge in [-0.2, -0.15) is 0 Å². The van der Waals surface area contributed by atoms with Crippen LogP contribution >= 0.6 is 0 Å². The van der Waals surface area contributed by atoms with Crippen LogP contribution in [0.2, 0.25) is 0 Å². The van der Waals surface area contributed by atoms with Crippen LogP contribution < -0.4 is 0 Å². The van der Waals surface area contributed by atoms with Crippen molar-refractivity contribution in [3.05, 3.63) is 54.4 Å². The van der Waals surface area contributed by atoms with Crippen LogP contribution in [0.15, 0.2) is 48.8 Å². The third kappa shape index (κ3) is 2.53. The summed E-state index contributed by atoms with van der Waals surface area (Å²) in [4.78, 5) is 7.53. The lowest BCUT2D eigenvalue weighted by molar-refractivity contribution is 0.796. The normalized spacial score (nSPS) is 11.0. The van der Waals surface area contributed by atoms with Crippen molar-refractivity contribution in [2.24, 2.45) is 0 Å². The summed E-state index contributed by atoms with van der Waals surface area (Å²) in [5.41, 5.74) is 4.97. The van der Waals surface area contributed by atoms with Crippen LogP contribution in [0, 0.1) is 0 Å². The van der Waals surface area contributed by atoms with Gasteiger partial charge in [0.2, 0.25) is 0 Å². The fraction of sp³-hybridized carbons (Fsp3) is 0.235. The summed E-state index contributed by atoms with van der Waals surface area (Å²) in [5.74, 6) is 0. The highest BCUT2D eigenvalue weighted by atomic mass is 14.7. The first kappa shape index (κ1) is 12.0. The van der Waals surface area contributed by atoms with Crippen LogP contribution in [0.4, 0.5) is 0 Å². The van der Waals surface area contributed by atoms with Crippen LogP contribution in [0.1, 0.15) is 25.3 Å². The summed E-state index contributed by atoms with van der Waals surface area (Å²) in [5, 5.41) is 1.29. The lowest BCUT2D eigenvalue weighted by atomic mass is 10.1. The summed E-state index contributed by atoms with van der Waals surface area (Å²) in [6.45, 7) is 2.23. The Labute approximate surface area is 113 Å². The Morgan fingerprint density at radius 3 is 2.68 bits per heavy atom. The second-order valence-electron chi connectivity index (χ2n) is 4.94. The van der Waals surface area contributed by atoms with Crippen LogP contribution in [0.3, 0.4) is 0 Å². The molecule has 2 heteroatoms. The van der Waals surface area contributed by atoms with Gasteiger partial charge in [0.1, 0.15) is 0 Å². The number of rotatable bonds is 4. The highest BCUT2D eigenvalue weighted by Crippen LogP contribution is 2.24.